The van der Waals surface area contributed by atoms with Crippen LogP contribution in [-0.2, 0) is 11.3 Å². The predicted molar refractivity (Wildman–Crippen MR) is 70.2 cm³/mol. The minimum Gasteiger partial charge on any atom is -0.381 e. The number of nitrogens with two attached hydrogens (primary N) is 1. The van der Waals surface area contributed by atoms with Crippen molar-refractivity contribution in [3.8, 4) is 0 Å². The number of methoxy groups -OCH3 is 1. The molecule has 18 heavy (non-hydrogen) atoms. The summed E-state index contributed by atoms with van der Waals surface area (Å²) in [6.45, 7) is 0.820. The first-order valence-electron chi connectivity index (χ1n) is 6.34. The van der Waals surface area contributed by atoms with E-state index >= 15 is 0 Å². The molecule has 1 fully saturated rings. The zero-order valence-corrected chi connectivity index (χ0v) is 10.7. The van der Waals surface area contributed by atoms with Crippen molar-refractivity contribution in [2.75, 3.05) is 7.11 Å². The van der Waals surface area contributed by atoms with Crippen LogP contribution < -0.4 is 11.1 Å². The highest BCUT2D eigenvalue weighted by atomic mass is 16.5. The van der Waals surface area contributed by atoms with Crippen molar-refractivity contribution in [1.29, 1.82) is 0 Å². The third-order valence-electron chi connectivity index (χ3n) is 3.55. The predicted octanol–water partition coefficient (Wildman–Crippen LogP) is 1.44. The first-order chi connectivity index (χ1) is 8.69. The second-order valence-corrected chi connectivity index (χ2v) is 4.81. The fourth-order valence-electron chi connectivity index (χ4n) is 2.39. The Kier molecular flexibility index (Phi) is 4.33. The molecule has 2 atom stereocenters. The molecule has 0 bridgehead atoms. The number of carbonyl (C=O) groups excluding carboxylic acids is 1. The van der Waals surface area contributed by atoms with E-state index in [1.807, 2.05) is 12.1 Å². The lowest BCUT2D eigenvalue weighted by Crippen LogP contribution is -2.26. The number of ether oxygens (including phenoxy) is 1. The number of carbonyl (C=O) groups is 1. The van der Waals surface area contributed by atoms with Gasteiger partial charge in [0.25, 0.3) is 0 Å². The van der Waals surface area contributed by atoms with E-state index in [1.54, 1.807) is 19.2 Å². The Morgan fingerprint density at radius 2 is 2.11 bits per heavy atom. The molecule has 2 rings (SSSR count). The maximum atomic E-state index is 10.9. The zero-order chi connectivity index (χ0) is 13.0. The van der Waals surface area contributed by atoms with Crippen LogP contribution in [0.5, 0.6) is 0 Å². The van der Waals surface area contributed by atoms with Gasteiger partial charge in [0.05, 0.1) is 6.10 Å². The van der Waals surface area contributed by atoms with E-state index < -0.39 is 0 Å². The van der Waals surface area contributed by atoms with Crippen LogP contribution in [0.3, 0.4) is 0 Å². The van der Waals surface area contributed by atoms with Crippen LogP contribution >= 0.6 is 0 Å². The monoisotopic (exact) mass is 248 g/mol. The van der Waals surface area contributed by atoms with E-state index in [4.69, 9.17) is 10.5 Å². The lowest BCUT2D eigenvalue weighted by molar-refractivity contribution is 0.1000. The van der Waals surface area contributed by atoms with Crippen LogP contribution in [0.1, 0.15) is 35.2 Å². The largest absolute Gasteiger partial charge is 0.381 e. The average Bonchev–Trinajstić information content (AvgIpc) is 2.85. The second-order valence-electron chi connectivity index (χ2n) is 4.81. The molecule has 0 spiro atoms. The number of nitrogens with one attached hydrogen (secondary N) is 1. The molecule has 3 N–H and O–H groups in total. The zero-order valence-electron chi connectivity index (χ0n) is 10.7. The summed E-state index contributed by atoms with van der Waals surface area (Å²) in [7, 11) is 1.77. The van der Waals surface area contributed by atoms with Gasteiger partial charge in [-0.3, -0.25) is 4.79 Å². The number of hydrogen-bond donors (Lipinski definition) is 2. The van der Waals surface area contributed by atoms with Gasteiger partial charge < -0.3 is 15.8 Å². The van der Waals surface area contributed by atoms with Gasteiger partial charge in [-0.15, -0.1) is 0 Å². The fourth-order valence-corrected chi connectivity index (χ4v) is 2.39. The first-order valence-corrected chi connectivity index (χ1v) is 6.34. The lowest BCUT2D eigenvalue weighted by atomic mass is 10.1. The number of rotatable bonds is 5. The van der Waals surface area contributed by atoms with Crippen LogP contribution in [-0.4, -0.2) is 25.2 Å². The van der Waals surface area contributed by atoms with E-state index in [-0.39, 0.29) is 5.91 Å². The Labute approximate surface area is 108 Å². The summed E-state index contributed by atoms with van der Waals surface area (Å²) < 4.78 is 5.34. The highest BCUT2D eigenvalue weighted by Gasteiger charge is 2.23. The van der Waals surface area contributed by atoms with Gasteiger partial charge in [0.15, 0.2) is 0 Å². The highest BCUT2D eigenvalue weighted by Crippen LogP contribution is 2.21. The molecule has 1 aliphatic rings. The molecule has 4 heteroatoms. The number of hydrogen-bond acceptors (Lipinski definition) is 3. The Balaban J connectivity index is 1.82. The van der Waals surface area contributed by atoms with Gasteiger partial charge in [-0.05, 0) is 37.0 Å². The van der Waals surface area contributed by atoms with Crippen molar-refractivity contribution < 1.29 is 9.53 Å². The van der Waals surface area contributed by atoms with E-state index in [0.29, 0.717) is 17.7 Å². The molecule has 1 aliphatic carbocycles. The van der Waals surface area contributed by atoms with Crippen LogP contribution in [0.2, 0.25) is 0 Å². The standard InChI is InChI=1S/C14H20N2O2/c1-18-13-7-6-12(8-13)16-9-10-2-4-11(5-3-10)14(15)17/h2-5,12-13,16H,6-9H2,1H3,(H2,15,17). The first kappa shape index (κ1) is 13.1. The highest BCUT2D eigenvalue weighted by molar-refractivity contribution is 5.92. The number of amides is 1. The summed E-state index contributed by atoms with van der Waals surface area (Å²) in [5.41, 5.74) is 6.92. The van der Waals surface area contributed by atoms with E-state index in [2.05, 4.69) is 5.32 Å². The topological polar surface area (TPSA) is 64.3 Å². The summed E-state index contributed by atoms with van der Waals surface area (Å²) >= 11 is 0. The molecule has 1 saturated carbocycles. The van der Waals surface area contributed by atoms with Crippen molar-refractivity contribution in [3.63, 3.8) is 0 Å². The van der Waals surface area contributed by atoms with Gasteiger partial charge in [0, 0.05) is 25.3 Å². The number of benzene rings is 1. The SMILES string of the molecule is COC1CCC(NCc2ccc(C(N)=O)cc2)C1. The third kappa shape index (κ3) is 3.31. The van der Waals surface area contributed by atoms with Crippen molar-refractivity contribution in [2.45, 2.75) is 38.0 Å². The van der Waals surface area contributed by atoms with Gasteiger partial charge >= 0.3 is 0 Å². The summed E-state index contributed by atoms with van der Waals surface area (Å²) in [5, 5.41) is 3.51. The molecule has 0 aliphatic heterocycles. The normalized spacial score (nSPS) is 23.2. The third-order valence-corrected chi connectivity index (χ3v) is 3.55. The maximum Gasteiger partial charge on any atom is 0.248 e. The summed E-state index contributed by atoms with van der Waals surface area (Å²) in [6, 6.07) is 7.95. The molecular weight excluding hydrogens is 228 g/mol. The Morgan fingerprint density at radius 3 is 2.67 bits per heavy atom. The molecule has 98 valence electrons. The average molecular weight is 248 g/mol. The van der Waals surface area contributed by atoms with Crippen LogP contribution in [0.4, 0.5) is 0 Å². The summed E-state index contributed by atoms with van der Waals surface area (Å²) in [6.07, 6.45) is 3.78. The fraction of sp³-hybridized carbons (Fsp3) is 0.500. The van der Waals surface area contributed by atoms with Gasteiger partial charge in [0.2, 0.25) is 5.91 Å². The van der Waals surface area contributed by atoms with Crippen molar-refractivity contribution in [2.24, 2.45) is 5.73 Å². The van der Waals surface area contributed by atoms with Crippen LogP contribution in [0.25, 0.3) is 0 Å². The Hall–Kier alpha value is -1.39. The molecule has 0 radical (unpaired) electrons. The summed E-state index contributed by atoms with van der Waals surface area (Å²) in [5.74, 6) is -0.381. The lowest BCUT2D eigenvalue weighted by Gasteiger charge is -2.13. The van der Waals surface area contributed by atoms with Crippen molar-refractivity contribution >= 4 is 5.91 Å². The van der Waals surface area contributed by atoms with Gasteiger partial charge in [-0.2, -0.15) is 0 Å². The Morgan fingerprint density at radius 1 is 1.39 bits per heavy atom. The van der Waals surface area contributed by atoms with E-state index in [0.717, 1.165) is 25.8 Å². The quantitative estimate of drug-likeness (QED) is 0.828. The molecule has 2 unspecified atom stereocenters. The van der Waals surface area contributed by atoms with Gasteiger partial charge in [-0.25, -0.2) is 0 Å². The minimum absolute atomic E-state index is 0.381. The molecule has 0 aromatic heterocycles. The maximum absolute atomic E-state index is 10.9. The smallest absolute Gasteiger partial charge is 0.248 e. The van der Waals surface area contributed by atoms with E-state index in [1.165, 1.54) is 5.56 Å². The molecule has 4 nitrogen and oxygen atoms in total. The van der Waals surface area contributed by atoms with Gasteiger partial charge in [-0.1, -0.05) is 12.1 Å². The van der Waals surface area contributed by atoms with E-state index in [9.17, 15) is 4.79 Å². The molecule has 1 aromatic rings. The van der Waals surface area contributed by atoms with Crippen LogP contribution in [0, 0.1) is 0 Å². The molecular formula is C14H20N2O2. The van der Waals surface area contributed by atoms with Gasteiger partial charge in [0.1, 0.15) is 0 Å². The van der Waals surface area contributed by atoms with Crippen molar-refractivity contribution in [1.82, 2.24) is 5.32 Å². The summed E-state index contributed by atoms with van der Waals surface area (Å²) in [4.78, 5) is 10.9. The van der Waals surface area contributed by atoms with Crippen molar-refractivity contribution in [3.05, 3.63) is 35.4 Å². The molecule has 0 heterocycles. The Bertz CT molecular complexity index is 403. The number of primary amides is 1. The minimum atomic E-state index is -0.381. The molecule has 1 aromatic carbocycles. The van der Waals surface area contributed by atoms with Crippen LogP contribution in [0.15, 0.2) is 24.3 Å². The molecule has 0 saturated heterocycles. The second kappa shape index (κ2) is 5.98. The molecule has 1 amide bonds.